The SMILES string of the molecule is Cc1noc(C)c1S(=O)(=O)N1CCN(CCN2CCOCC2)CC1. The molecular weight excluding hydrogens is 332 g/mol. The van der Waals surface area contributed by atoms with Crippen molar-refractivity contribution in [2.24, 2.45) is 0 Å². The van der Waals surface area contributed by atoms with E-state index in [-0.39, 0.29) is 4.90 Å². The Bertz CT molecular complexity index is 627. The van der Waals surface area contributed by atoms with Gasteiger partial charge in [-0.15, -0.1) is 0 Å². The minimum atomic E-state index is -3.52. The molecule has 0 aromatic carbocycles. The quantitative estimate of drug-likeness (QED) is 0.729. The van der Waals surface area contributed by atoms with Crippen LogP contribution in [0.2, 0.25) is 0 Å². The molecule has 0 aliphatic carbocycles. The molecule has 2 fully saturated rings. The van der Waals surface area contributed by atoms with E-state index in [0.29, 0.717) is 24.5 Å². The fourth-order valence-corrected chi connectivity index (χ4v) is 4.99. The van der Waals surface area contributed by atoms with Crippen LogP contribution in [0.15, 0.2) is 9.42 Å². The number of hydrogen-bond acceptors (Lipinski definition) is 7. The smallest absolute Gasteiger partial charge is 0.248 e. The van der Waals surface area contributed by atoms with Gasteiger partial charge in [0.05, 0.1) is 13.2 Å². The van der Waals surface area contributed by atoms with Crippen LogP contribution in [0.4, 0.5) is 0 Å². The highest BCUT2D eigenvalue weighted by molar-refractivity contribution is 7.89. The van der Waals surface area contributed by atoms with E-state index in [1.54, 1.807) is 18.2 Å². The molecule has 24 heavy (non-hydrogen) atoms. The molecule has 0 amide bonds. The Morgan fingerprint density at radius 1 is 0.958 bits per heavy atom. The number of piperazine rings is 1. The van der Waals surface area contributed by atoms with E-state index in [1.807, 2.05) is 0 Å². The second-order valence-electron chi connectivity index (χ2n) is 6.35. The van der Waals surface area contributed by atoms with Crippen molar-refractivity contribution in [2.75, 3.05) is 65.6 Å². The summed E-state index contributed by atoms with van der Waals surface area (Å²) in [4.78, 5) is 4.95. The molecule has 136 valence electrons. The largest absolute Gasteiger partial charge is 0.379 e. The van der Waals surface area contributed by atoms with E-state index in [1.165, 1.54) is 0 Å². The van der Waals surface area contributed by atoms with Crippen molar-refractivity contribution in [1.29, 1.82) is 0 Å². The van der Waals surface area contributed by atoms with Crippen molar-refractivity contribution in [3.8, 4) is 0 Å². The summed E-state index contributed by atoms with van der Waals surface area (Å²) in [5.74, 6) is 0.363. The molecular formula is C15H26N4O4S. The third-order valence-electron chi connectivity index (χ3n) is 4.73. The molecule has 0 bridgehead atoms. The molecule has 1 aromatic rings. The van der Waals surface area contributed by atoms with Gasteiger partial charge in [0, 0.05) is 52.4 Å². The van der Waals surface area contributed by atoms with E-state index < -0.39 is 10.0 Å². The van der Waals surface area contributed by atoms with Crippen molar-refractivity contribution in [3.05, 3.63) is 11.5 Å². The molecule has 3 heterocycles. The van der Waals surface area contributed by atoms with E-state index in [0.717, 1.165) is 52.5 Å². The molecule has 0 N–H and O–H groups in total. The van der Waals surface area contributed by atoms with Crippen LogP contribution in [0, 0.1) is 13.8 Å². The van der Waals surface area contributed by atoms with Gasteiger partial charge in [0.25, 0.3) is 0 Å². The Hall–Kier alpha value is -1.00. The maximum atomic E-state index is 12.8. The van der Waals surface area contributed by atoms with Crippen molar-refractivity contribution in [2.45, 2.75) is 18.7 Å². The van der Waals surface area contributed by atoms with Gasteiger partial charge >= 0.3 is 0 Å². The molecule has 2 aliphatic heterocycles. The van der Waals surface area contributed by atoms with Gasteiger partial charge in [-0.2, -0.15) is 4.31 Å². The topological polar surface area (TPSA) is 79.1 Å². The Kier molecular flexibility index (Phi) is 5.56. The number of aromatic nitrogens is 1. The maximum Gasteiger partial charge on any atom is 0.248 e. The van der Waals surface area contributed by atoms with E-state index in [9.17, 15) is 8.42 Å². The summed E-state index contributed by atoms with van der Waals surface area (Å²) in [6, 6.07) is 0. The third kappa shape index (κ3) is 3.80. The van der Waals surface area contributed by atoms with E-state index in [2.05, 4.69) is 15.0 Å². The summed E-state index contributed by atoms with van der Waals surface area (Å²) in [6.45, 7) is 11.4. The Labute approximate surface area is 143 Å². The number of ether oxygens (including phenoxy) is 1. The number of sulfonamides is 1. The van der Waals surface area contributed by atoms with Crippen LogP contribution in [0.1, 0.15) is 11.5 Å². The minimum absolute atomic E-state index is 0.226. The summed E-state index contributed by atoms with van der Waals surface area (Å²) >= 11 is 0. The van der Waals surface area contributed by atoms with Crippen molar-refractivity contribution >= 4 is 10.0 Å². The summed E-state index contributed by atoms with van der Waals surface area (Å²) < 4.78 is 37.5. The maximum absolute atomic E-state index is 12.8. The fraction of sp³-hybridized carbons (Fsp3) is 0.800. The summed E-state index contributed by atoms with van der Waals surface area (Å²) in [5, 5.41) is 3.77. The molecule has 2 saturated heterocycles. The van der Waals surface area contributed by atoms with Gasteiger partial charge in [-0.3, -0.25) is 9.80 Å². The standard InChI is InChI=1S/C15H26N4O4S/c1-13-15(14(2)23-16-13)24(20,21)19-7-5-17(6-8-19)3-4-18-9-11-22-12-10-18/h3-12H2,1-2H3. The molecule has 0 saturated carbocycles. The highest BCUT2D eigenvalue weighted by Crippen LogP contribution is 2.24. The van der Waals surface area contributed by atoms with Gasteiger partial charge in [0.2, 0.25) is 10.0 Å². The Balaban J connectivity index is 1.53. The Morgan fingerprint density at radius 3 is 2.08 bits per heavy atom. The van der Waals surface area contributed by atoms with Crippen molar-refractivity contribution in [1.82, 2.24) is 19.3 Å². The molecule has 2 aliphatic rings. The molecule has 1 aromatic heterocycles. The Morgan fingerprint density at radius 2 is 1.54 bits per heavy atom. The van der Waals surface area contributed by atoms with Gasteiger partial charge in [-0.25, -0.2) is 8.42 Å². The first-order chi connectivity index (χ1) is 11.5. The zero-order valence-electron chi connectivity index (χ0n) is 14.4. The lowest BCUT2D eigenvalue weighted by Gasteiger charge is -2.35. The fourth-order valence-electron chi connectivity index (χ4n) is 3.27. The van der Waals surface area contributed by atoms with Gasteiger partial charge < -0.3 is 9.26 Å². The molecule has 8 nitrogen and oxygen atoms in total. The van der Waals surface area contributed by atoms with Gasteiger partial charge in [-0.1, -0.05) is 5.16 Å². The second-order valence-corrected chi connectivity index (χ2v) is 8.23. The van der Waals surface area contributed by atoms with Crippen LogP contribution < -0.4 is 0 Å². The van der Waals surface area contributed by atoms with E-state index >= 15 is 0 Å². The normalized spacial score (nSPS) is 22.1. The number of nitrogens with zero attached hydrogens (tertiary/aromatic N) is 4. The predicted molar refractivity (Wildman–Crippen MR) is 88.4 cm³/mol. The van der Waals surface area contributed by atoms with Crippen LogP contribution in [0.3, 0.4) is 0 Å². The first kappa shape index (κ1) is 17.8. The molecule has 0 atom stereocenters. The molecule has 0 unspecified atom stereocenters. The molecule has 9 heteroatoms. The highest BCUT2D eigenvalue weighted by atomic mass is 32.2. The number of morpholine rings is 1. The summed E-state index contributed by atoms with van der Waals surface area (Å²) in [6.07, 6.45) is 0. The average molecular weight is 358 g/mol. The average Bonchev–Trinajstić information content (AvgIpc) is 2.93. The molecule has 0 spiro atoms. The van der Waals surface area contributed by atoms with Crippen LogP contribution >= 0.6 is 0 Å². The van der Waals surface area contributed by atoms with Crippen LogP contribution in [0.5, 0.6) is 0 Å². The summed E-state index contributed by atoms with van der Waals surface area (Å²) in [7, 11) is -3.52. The first-order valence-electron chi connectivity index (χ1n) is 8.44. The van der Waals surface area contributed by atoms with Gasteiger partial charge in [0.15, 0.2) is 5.76 Å². The summed E-state index contributed by atoms with van der Waals surface area (Å²) in [5.41, 5.74) is 0.433. The monoisotopic (exact) mass is 358 g/mol. The molecule has 3 rings (SSSR count). The predicted octanol–water partition coefficient (Wildman–Crippen LogP) is -0.0701. The molecule has 0 radical (unpaired) electrons. The zero-order chi connectivity index (χ0) is 17.2. The minimum Gasteiger partial charge on any atom is -0.379 e. The number of aryl methyl sites for hydroxylation is 2. The lowest BCUT2D eigenvalue weighted by molar-refractivity contribution is 0.0317. The van der Waals surface area contributed by atoms with Gasteiger partial charge in [-0.05, 0) is 13.8 Å². The van der Waals surface area contributed by atoms with Crippen LogP contribution in [0.25, 0.3) is 0 Å². The highest BCUT2D eigenvalue weighted by Gasteiger charge is 2.33. The number of rotatable bonds is 5. The van der Waals surface area contributed by atoms with Crippen LogP contribution in [-0.4, -0.2) is 93.3 Å². The second kappa shape index (κ2) is 7.49. The lowest BCUT2D eigenvalue weighted by Crippen LogP contribution is -2.51. The van der Waals surface area contributed by atoms with Crippen LogP contribution in [-0.2, 0) is 14.8 Å². The first-order valence-corrected chi connectivity index (χ1v) is 9.88. The van der Waals surface area contributed by atoms with E-state index in [4.69, 9.17) is 9.26 Å². The van der Waals surface area contributed by atoms with Crippen molar-refractivity contribution in [3.63, 3.8) is 0 Å². The third-order valence-corrected chi connectivity index (χ3v) is 6.88. The van der Waals surface area contributed by atoms with Gasteiger partial charge in [0.1, 0.15) is 10.6 Å². The number of hydrogen-bond donors (Lipinski definition) is 0. The zero-order valence-corrected chi connectivity index (χ0v) is 15.2. The van der Waals surface area contributed by atoms with Crippen molar-refractivity contribution < 1.29 is 17.7 Å². The lowest BCUT2D eigenvalue weighted by atomic mass is 10.3.